The maximum atomic E-state index is 12.1. The van der Waals surface area contributed by atoms with Crippen molar-refractivity contribution in [1.82, 2.24) is 9.78 Å². The fraction of sp³-hybridized carbons (Fsp3) is 0.273. The Kier molecular flexibility index (Phi) is 3.17. The van der Waals surface area contributed by atoms with E-state index in [-0.39, 0.29) is 5.78 Å². The van der Waals surface area contributed by atoms with Crippen molar-refractivity contribution in [3.8, 4) is 0 Å². The van der Waals surface area contributed by atoms with Crippen LogP contribution in [-0.2, 0) is 6.54 Å². The second kappa shape index (κ2) is 4.59. The van der Waals surface area contributed by atoms with Gasteiger partial charge in [-0.1, -0.05) is 6.07 Å². The second-order valence-electron chi connectivity index (χ2n) is 3.39. The first kappa shape index (κ1) is 11.0. The Morgan fingerprint density at radius 2 is 2.44 bits per heavy atom. The van der Waals surface area contributed by atoms with Crippen LogP contribution in [0.3, 0.4) is 0 Å². The molecule has 2 rings (SSSR count). The van der Waals surface area contributed by atoms with Gasteiger partial charge in [0.15, 0.2) is 0 Å². The van der Waals surface area contributed by atoms with Crippen LogP contribution in [0.1, 0.15) is 28.3 Å². The number of carbonyl (C=O) groups is 1. The minimum Gasteiger partial charge on any atom is -0.317 e. The fourth-order valence-corrected chi connectivity index (χ4v) is 2.28. The highest BCUT2D eigenvalue weighted by Crippen LogP contribution is 2.20. The van der Waals surface area contributed by atoms with Crippen molar-refractivity contribution in [3.05, 3.63) is 40.3 Å². The fourth-order valence-electron chi connectivity index (χ4n) is 1.55. The maximum Gasteiger partial charge on any atom is 0.202 e. The molecule has 2 aromatic heterocycles. The molecule has 2 aromatic rings. The molecular weight excluding hydrogens is 222 g/mol. The molecule has 0 amide bonds. The van der Waals surface area contributed by atoms with E-state index in [0.29, 0.717) is 12.2 Å². The quantitative estimate of drug-likeness (QED) is 0.823. The molecule has 0 aliphatic rings. The largest absolute Gasteiger partial charge is 0.317 e. The van der Waals surface area contributed by atoms with Gasteiger partial charge in [0, 0.05) is 17.6 Å². The molecule has 0 bridgehead atoms. The van der Waals surface area contributed by atoms with E-state index in [0.717, 1.165) is 4.88 Å². The highest BCUT2D eigenvalue weighted by Gasteiger charge is 2.21. The van der Waals surface area contributed by atoms with E-state index in [4.69, 9.17) is 5.73 Å². The monoisotopic (exact) mass is 235 g/mol. The minimum absolute atomic E-state index is 0.0817. The van der Waals surface area contributed by atoms with Crippen LogP contribution in [0.25, 0.3) is 0 Å². The summed E-state index contributed by atoms with van der Waals surface area (Å²) in [6.07, 6.45) is 1.62. The summed E-state index contributed by atoms with van der Waals surface area (Å²) in [5.41, 5.74) is 6.49. The number of aryl methyl sites for hydroxylation is 1. The average Bonchev–Trinajstić information content (AvgIpc) is 2.97. The third kappa shape index (κ3) is 1.91. The lowest BCUT2D eigenvalue weighted by Crippen LogP contribution is -2.23. The molecule has 0 aliphatic heterocycles. The van der Waals surface area contributed by atoms with Crippen LogP contribution in [0.5, 0.6) is 0 Å². The summed E-state index contributed by atoms with van der Waals surface area (Å²) in [6, 6.07) is 4.89. The van der Waals surface area contributed by atoms with E-state index in [1.54, 1.807) is 16.9 Å². The van der Waals surface area contributed by atoms with E-state index in [2.05, 4.69) is 5.10 Å². The Hall–Kier alpha value is -1.46. The molecule has 2 heterocycles. The lowest BCUT2D eigenvalue weighted by Gasteiger charge is -2.09. The highest BCUT2D eigenvalue weighted by atomic mass is 32.1. The van der Waals surface area contributed by atoms with Gasteiger partial charge in [-0.3, -0.25) is 9.48 Å². The molecule has 1 unspecified atom stereocenters. The number of rotatable bonds is 4. The Balaban J connectivity index is 2.26. The lowest BCUT2D eigenvalue weighted by molar-refractivity contribution is 0.0952. The number of hydrogen-bond acceptors (Lipinski definition) is 4. The molecule has 4 nitrogen and oxygen atoms in total. The van der Waals surface area contributed by atoms with Gasteiger partial charge in [-0.2, -0.15) is 5.10 Å². The first-order valence-corrected chi connectivity index (χ1v) is 5.97. The Bertz CT molecular complexity index is 475. The number of nitrogens with two attached hydrogens (primary N) is 1. The molecule has 0 spiro atoms. The van der Waals surface area contributed by atoms with Crippen LogP contribution in [-0.4, -0.2) is 15.6 Å². The van der Waals surface area contributed by atoms with Gasteiger partial charge in [0.2, 0.25) is 5.78 Å². The Morgan fingerprint density at radius 3 is 3.06 bits per heavy atom. The van der Waals surface area contributed by atoms with E-state index in [9.17, 15) is 4.79 Å². The van der Waals surface area contributed by atoms with Crippen molar-refractivity contribution in [3.63, 3.8) is 0 Å². The summed E-state index contributed by atoms with van der Waals surface area (Å²) in [5.74, 6) is -0.0817. The Labute approximate surface area is 97.7 Å². The van der Waals surface area contributed by atoms with Crippen LogP contribution in [0.4, 0.5) is 0 Å². The van der Waals surface area contributed by atoms with Crippen molar-refractivity contribution in [2.45, 2.75) is 19.5 Å². The number of aromatic nitrogens is 2. The zero-order valence-corrected chi connectivity index (χ0v) is 9.78. The molecule has 1 atom stereocenters. The molecule has 16 heavy (non-hydrogen) atoms. The van der Waals surface area contributed by atoms with E-state index < -0.39 is 6.04 Å². The molecular formula is C11H13N3OS. The first-order valence-electron chi connectivity index (χ1n) is 5.09. The number of hydrogen-bond donors (Lipinski definition) is 1. The van der Waals surface area contributed by atoms with E-state index >= 15 is 0 Å². The predicted octanol–water partition coefficient (Wildman–Crippen LogP) is 1.85. The number of carbonyl (C=O) groups excluding carboxylic acids is 1. The smallest absolute Gasteiger partial charge is 0.202 e. The lowest BCUT2D eigenvalue weighted by atomic mass is 10.1. The van der Waals surface area contributed by atoms with Crippen LogP contribution >= 0.6 is 11.3 Å². The molecule has 0 aromatic carbocycles. The minimum atomic E-state index is -0.581. The number of ketones is 1. The van der Waals surface area contributed by atoms with E-state index in [1.165, 1.54) is 11.3 Å². The molecule has 2 N–H and O–H groups in total. The topological polar surface area (TPSA) is 60.9 Å². The number of nitrogens with zero attached hydrogens (tertiary/aromatic N) is 2. The number of thiophene rings is 1. The van der Waals surface area contributed by atoms with Crippen LogP contribution < -0.4 is 5.73 Å². The van der Waals surface area contributed by atoms with Gasteiger partial charge in [0.1, 0.15) is 11.7 Å². The Morgan fingerprint density at radius 1 is 1.62 bits per heavy atom. The van der Waals surface area contributed by atoms with Crippen LogP contribution in [0.2, 0.25) is 0 Å². The van der Waals surface area contributed by atoms with Gasteiger partial charge in [-0.05, 0) is 24.4 Å². The van der Waals surface area contributed by atoms with Crippen LogP contribution in [0.15, 0.2) is 29.8 Å². The maximum absolute atomic E-state index is 12.1. The summed E-state index contributed by atoms with van der Waals surface area (Å²) in [4.78, 5) is 13.0. The SMILES string of the molecule is CCn1nccc1C(=O)C(N)c1cccs1. The van der Waals surface area contributed by atoms with Crippen LogP contribution in [0, 0.1) is 0 Å². The average molecular weight is 235 g/mol. The van der Waals surface area contributed by atoms with Crippen molar-refractivity contribution < 1.29 is 4.79 Å². The van der Waals surface area contributed by atoms with Crippen molar-refractivity contribution >= 4 is 17.1 Å². The summed E-state index contributed by atoms with van der Waals surface area (Å²) in [7, 11) is 0. The normalized spacial score (nSPS) is 12.6. The van der Waals surface area contributed by atoms with Gasteiger partial charge in [0.25, 0.3) is 0 Å². The first-order chi connectivity index (χ1) is 7.74. The molecule has 0 aliphatic carbocycles. The zero-order chi connectivity index (χ0) is 11.5. The zero-order valence-electron chi connectivity index (χ0n) is 8.96. The third-order valence-electron chi connectivity index (χ3n) is 2.40. The molecule has 84 valence electrons. The summed E-state index contributed by atoms with van der Waals surface area (Å²) < 4.78 is 1.66. The van der Waals surface area contributed by atoms with Crippen molar-refractivity contribution in [2.75, 3.05) is 0 Å². The summed E-state index contributed by atoms with van der Waals surface area (Å²) in [6.45, 7) is 2.62. The van der Waals surface area contributed by atoms with Crippen molar-refractivity contribution in [2.24, 2.45) is 5.73 Å². The summed E-state index contributed by atoms with van der Waals surface area (Å²) in [5, 5.41) is 5.98. The standard InChI is InChI=1S/C11H13N3OS/c1-2-14-8(5-6-13-14)11(15)10(12)9-4-3-7-16-9/h3-7,10H,2,12H2,1H3. The molecule has 0 radical (unpaired) electrons. The molecule has 5 heteroatoms. The predicted molar refractivity (Wildman–Crippen MR) is 63.5 cm³/mol. The molecule has 0 fully saturated rings. The number of Topliss-reactive ketones (excluding diaryl/α,β-unsaturated/α-hetero) is 1. The van der Waals surface area contributed by atoms with Gasteiger partial charge >= 0.3 is 0 Å². The molecule has 0 saturated carbocycles. The highest BCUT2D eigenvalue weighted by molar-refractivity contribution is 7.10. The summed E-state index contributed by atoms with van der Waals surface area (Å²) >= 11 is 1.49. The van der Waals surface area contributed by atoms with Gasteiger partial charge in [0.05, 0.1) is 0 Å². The third-order valence-corrected chi connectivity index (χ3v) is 3.36. The van der Waals surface area contributed by atoms with E-state index in [1.807, 2.05) is 24.4 Å². The second-order valence-corrected chi connectivity index (χ2v) is 4.37. The van der Waals surface area contributed by atoms with Gasteiger partial charge in [-0.25, -0.2) is 0 Å². The van der Waals surface area contributed by atoms with Gasteiger partial charge < -0.3 is 5.73 Å². The molecule has 0 saturated heterocycles. The van der Waals surface area contributed by atoms with Gasteiger partial charge in [-0.15, -0.1) is 11.3 Å². The van der Waals surface area contributed by atoms with Crippen molar-refractivity contribution in [1.29, 1.82) is 0 Å².